The van der Waals surface area contributed by atoms with E-state index in [1.807, 2.05) is 33.8 Å². The summed E-state index contributed by atoms with van der Waals surface area (Å²) in [5, 5.41) is 0. The van der Waals surface area contributed by atoms with Gasteiger partial charge in [0.25, 0.3) is 0 Å². The van der Waals surface area contributed by atoms with E-state index in [-0.39, 0.29) is 11.2 Å². The van der Waals surface area contributed by atoms with Crippen molar-refractivity contribution < 1.29 is 14.0 Å². The van der Waals surface area contributed by atoms with Crippen LogP contribution in [-0.2, 0) is 27.2 Å². The number of nitrogens with zero attached hydrogens (tertiary/aromatic N) is 1. The summed E-state index contributed by atoms with van der Waals surface area (Å²) < 4.78 is 17.2. The summed E-state index contributed by atoms with van der Waals surface area (Å²) >= 11 is 0. The molecule has 0 radical (unpaired) electrons. The zero-order valence-corrected chi connectivity index (χ0v) is 12.9. The van der Waals surface area contributed by atoms with Gasteiger partial charge in [0.2, 0.25) is 0 Å². The quantitative estimate of drug-likeness (QED) is 0.832. The van der Waals surface area contributed by atoms with Gasteiger partial charge in [-0.2, -0.15) is 0 Å². The first-order valence-corrected chi connectivity index (χ1v) is 6.83. The van der Waals surface area contributed by atoms with Gasteiger partial charge in [-0.1, -0.05) is 6.07 Å². The summed E-state index contributed by atoms with van der Waals surface area (Å²) in [4.78, 5) is 4.39. The molecule has 2 N–H and O–H groups in total. The average Bonchev–Trinajstić information content (AvgIpc) is 2.59. The van der Waals surface area contributed by atoms with Gasteiger partial charge in [0.05, 0.1) is 23.5 Å². The van der Waals surface area contributed by atoms with Crippen LogP contribution >= 0.6 is 0 Å². The van der Waals surface area contributed by atoms with Crippen LogP contribution in [0.2, 0.25) is 0 Å². The number of pyridine rings is 1. The molecule has 2 rings (SSSR count). The highest BCUT2D eigenvalue weighted by Crippen LogP contribution is 2.36. The molecular formula is C14H23BN2O3. The predicted octanol–water partition coefficient (Wildman–Crippen LogP) is 0.986. The first kappa shape index (κ1) is 15.4. The Balaban J connectivity index is 2.29. The van der Waals surface area contributed by atoms with E-state index in [1.165, 1.54) is 0 Å². The minimum atomic E-state index is -0.407. The van der Waals surface area contributed by atoms with Crippen LogP contribution in [0.1, 0.15) is 39.0 Å². The molecule has 1 aromatic heterocycles. The summed E-state index contributed by atoms with van der Waals surface area (Å²) in [6, 6.07) is 2.00. The number of rotatable bonds is 4. The molecule has 1 fully saturated rings. The van der Waals surface area contributed by atoms with E-state index in [4.69, 9.17) is 19.8 Å². The van der Waals surface area contributed by atoms with E-state index in [2.05, 4.69) is 4.98 Å². The third-order valence-corrected chi connectivity index (χ3v) is 4.10. The van der Waals surface area contributed by atoms with Crippen molar-refractivity contribution in [2.75, 3.05) is 7.11 Å². The van der Waals surface area contributed by atoms with E-state index >= 15 is 0 Å². The van der Waals surface area contributed by atoms with Crippen LogP contribution < -0.4 is 11.2 Å². The number of hydrogen-bond acceptors (Lipinski definition) is 5. The summed E-state index contributed by atoms with van der Waals surface area (Å²) in [5.74, 6) is 0. The Labute approximate surface area is 121 Å². The molecule has 1 aliphatic heterocycles. The second-order valence-electron chi connectivity index (χ2n) is 6.10. The third kappa shape index (κ3) is 2.74. The standard InChI is InChI=1S/C14H23BN2O3/c1-13(2)14(3,4)20-15(19-13)11-6-10(9-18-5)12(7-16)17-8-11/h6,8H,7,9,16H2,1-5H3. The van der Waals surface area contributed by atoms with Crippen molar-refractivity contribution in [3.63, 3.8) is 0 Å². The number of nitrogens with two attached hydrogens (primary N) is 1. The van der Waals surface area contributed by atoms with Gasteiger partial charge >= 0.3 is 7.12 Å². The second-order valence-corrected chi connectivity index (χ2v) is 6.10. The largest absolute Gasteiger partial charge is 0.496 e. The minimum Gasteiger partial charge on any atom is -0.399 e. The molecule has 0 saturated carbocycles. The number of ether oxygens (including phenoxy) is 1. The maximum absolute atomic E-state index is 6.02. The van der Waals surface area contributed by atoms with Gasteiger partial charge in [-0.3, -0.25) is 4.98 Å². The van der Waals surface area contributed by atoms with Crippen LogP contribution in [0.15, 0.2) is 12.3 Å². The van der Waals surface area contributed by atoms with Crippen molar-refractivity contribution >= 4 is 12.6 Å². The fraction of sp³-hybridized carbons (Fsp3) is 0.643. The van der Waals surface area contributed by atoms with Crippen molar-refractivity contribution in [2.45, 2.75) is 52.0 Å². The molecule has 0 bridgehead atoms. The lowest BCUT2D eigenvalue weighted by Gasteiger charge is -2.32. The molecule has 0 spiro atoms. The van der Waals surface area contributed by atoms with Gasteiger partial charge in [0.15, 0.2) is 0 Å². The maximum atomic E-state index is 6.02. The molecule has 2 heterocycles. The molecule has 0 amide bonds. The Bertz CT molecular complexity index is 475. The molecule has 1 saturated heterocycles. The zero-order valence-electron chi connectivity index (χ0n) is 12.9. The molecule has 0 aromatic carbocycles. The summed E-state index contributed by atoms with van der Waals surface area (Å²) in [5.41, 5.74) is 7.69. The molecule has 110 valence electrons. The monoisotopic (exact) mass is 278 g/mol. The molecule has 6 heteroatoms. The second kappa shape index (κ2) is 5.45. The van der Waals surface area contributed by atoms with Crippen molar-refractivity contribution in [3.05, 3.63) is 23.5 Å². The molecular weight excluding hydrogens is 255 g/mol. The smallest absolute Gasteiger partial charge is 0.399 e. The topological polar surface area (TPSA) is 66.6 Å². The fourth-order valence-corrected chi connectivity index (χ4v) is 2.13. The van der Waals surface area contributed by atoms with Crippen LogP contribution in [-0.4, -0.2) is 30.4 Å². The third-order valence-electron chi connectivity index (χ3n) is 4.10. The highest BCUT2D eigenvalue weighted by atomic mass is 16.7. The fourth-order valence-electron chi connectivity index (χ4n) is 2.13. The van der Waals surface area contributed by atoms with Crippen molar-refractivity contribution in [3.8, 4) is 0 Å². The first-order valence-electron chi connectivity index (χ1n) is 6.83. The molecule has 1 aliphatic rings. The lowest BCUT2D eigenvalue weighted by atomic mass is 9.79. The van der Waals surface area contributed by atoms with Crippen LogP contribution in [0.4, 0.5) is 0 Å². The Morgan fingerprint density at radius 1 is 1.25 bits per heavy atom. The van der Waals surface area contributed by atoms with Crippen molar-refractivity contribution in [1.29, 1.82) is 0 Å². The van der Waals surface area contributed by atoms with E-state index < -0.39 is 7.12 Å². The number of aromatic nitrogens is 1. The van der Waals surface area contributed by atoms with Crippen molar-refractivity contribution in [1.82, 2.24) is 4.98 Å². The number of hydrogen-bond donors (Lipinski definition) is 1. The predicted molar refractivity (Wildman–Crippen MR) is 78.6 cm³/mol. The van der Waals surface area contributed by atoms with E-state index in [0.717, 1.165) is 16.7 Å². The van der Waals surface area contributed by atoms with Gasteiger partial charge in [-0.15, -0.1) is 0 Å². The molecule has 0 atom stereocenters. The average molecular weight is 278 g/mol. The van der Waals surface area contributed by atoms with Crippen molar-refractivity contribution in [2.24, 2.45) is 5.73 Å². The van der Waals surface area contributed by atoms with E-state index in [0.29, 0.717) is 13.2 Å². The minimum absolute atomic E-state index is 0.356. The van der Waals surface area contributed by atoms with Crippen LogP contribution in [0.5, 0.6) is 0 Å². The molecule has 20 heavy (non-hydrogen) atoms. The molecule has 5 nitrogen and oxygen atoms in total. The Morgan fingerprint density at radius 2 is 1.85 bits per heavy atom. The maximum Gasteiger partial charge on any atom is 0.496 e. The Morgan fingerprint density at radius 3 is 2.35 bits per heavy atom. The van der Waals surface area contributed by atoms with Gasteiger partial charge in [-0.05, 0) is 27.7 Å². The molecule has 1 aromatic rings. The summed E-state index contributed by atoms with van der Waals surface area (Å²) in [6.07, 6.45) is 1.77. The molecule has 0 unspecified atom stereocenters. The zero-order chi connectivity index (χ0) is 15.0. The van der Waals surface area contributed by atoms with Crippen LogP contribution in [0, 0.1) is 0 Å². The Kier molecular flexibility index (Phi) is 4.20. The van der Waals surface area contributed by atoms with Crippen LogP contribution in [0.3, 0.4) is 0 Å². The van der Waals surface area contributed by atoms with Crippen LogP contribution in [0.25, 0.3) is 0 Å². The van der Waals surface area contributed by atoms with Gasteiger partial charge in [0.1, 0.15) is 0 Å². The lowest BCUT2D eigenvalue weighted by Crippen LogP contribution is -2.41. The SMILES string of the molecule is COCc1cc(B2OC(C)(C)C(C)(C)O2)cnc1CN. The first-order chi connectivity index (χ1) is 9.30. The lowest BCUT2D eigenvalue weighted by molar-refractivity contribution is 0.00578. The van der Waals surface area contributed by atoms with Gasteiger partial charge in [-0.25, -0.2) is 0 Å². The highest BCUT2D eigenvalue weighted by molar-refractivity contribution is 6.62. The highest BCUT2D eigenvalue weighted by Gasteiger charge is 2.51. The normalized spacial score (nSPS) is 20.4. The summed E-state index contributed by atoms with van der Waals surface area (Å²) in [7, 11) is 1.25. The Hall–Kier alpha value is -0.945. The van der Waals surface area contributed by atoms with Gasteiger partial charge < -0.3 is 19.8 Å². The van der Waals surface area contributed by atoms with E-state index in [1.54, 1.807) is 13.3 Å². The van der Waals surface area contributed by atoms with E-state index in [9.17, 15) is 0 Å². The van der Waals surface area contributed by atoms with Gasteiger partial charge in [0, 0.05) is 30.9 Å². The summed E-state index contributed by atoms with van der Waals surface area (Å²) in [6.45, 7) is 9.00. The molecule has 0 aliphatic carbocycles. The number of methoxy groups -OCH3 is 1.